The number of hydrogen-bond donors (Lipinski definition) is 2. The maximum atomic E-state index is 14.1. The highest BCUT2D eigenvalue weighted by molar-refractivity contribution is 5.89. The summed E-state index contributed by atoms with van der Waals surface area (Å²) in [7, 11) is 1.55. The number of methoxy groups -OCH3 is 1. The first-order valence-corrected chi connectivity index (χ1v) is 8.09. The number of hydrogen-bond acceptors (Lipinski definition) is 2. The van der Waals surface area contributed by atoms with Gasteiger partial charge in [-0.05, 0) is 36.1 Å². The minimum atomic E-state index is -0.603. The first kappa shape index (κ1) is 17.2. The van der Waals surface area contributed by atoms with Crippen LogP contribution in [0.2, 0.25) is 0 Å². The van der Waals surface area contributed by atoms with Crippen LogP contribution in [0.25, 0.3) is 0 Å². The fourth-order valence-electron chi connectivity index (χ4n) is 3.21. The fourth-order valence-corrected chi connectivity index (χ4v) is 3.21. The topological polar surface area (TPSA) is 50.4 Å². The largest absolute Gasteiger partial charge is 0.497 e. The molecule has 25 heavy (non-hydrogen) atoms. The number of ether oxygens (including phenoxy) is 1. The summed E-state index contributed by atoms with van der Waals surface area (Å²) in [5.41, 5.74) is 0.564. The smallest absolute Gasteiger partial charge is 0.319 e. The van der Waals surface area contributed by atoms with Crippen molar-refractivity contribution in [1.82, 2.24) is 5.32 Å². The normalized spacial score (nSPS) is 21.5. The fraction of sp³-hybridized carbons (Fsp3) is 0.316. The standard InChI is InChI=1S/C19H20F2N2O2/c1-12-10-19(12,16-7-6-13(20)8-17(16)21)11-22-18(24)23-14-4-3-5-15(9-14)25-2/h3-9,12H,10-11H2,1-2H3,(H2,22,23,24). The van der Waals surface area contributed by atoms with Crippen LogP contribution in [0.1, 0.15) is 18.9 Å². The number of amides is 2. The monoisotopic (exact) mass is 346 g/mol. The van der Waals surface area contributed by atoms with Crippen molar-refractivity contribution < 1.29 is 18.3 Å². The van der Waals surface area contributed by atoms with Crippen molar-refractivity contribution >= 4 is 11.7 Å². The zero-order valence-electron chi connectivity index (χ0n) is 14.1. The highest BCUT2D eigenvalue weighted by Gasteiger charge is 2.53. The number of rotatable bonds is 5. The van der Waals surface area contributed by atoms with Gasteiger partial charge in [0.2, 0.25) is 0 Å². The van der Waals surface area contributed by atoms with Crippen LogP contribution in [0, 0.1) is 17.6 Å². The van der Waals surface area contributed by atoms with E-state index in [0.29, 0.717) is 17.0 Å². The lowest BCUT2D eigenvalue weighted by atomic mass is 9.93. The molecule has 0 spiro atoms. The molecule has 0 bridgehead atoms. The molecule has 2 atom stereocenters. The second kappa shape index (κ2) is 6.70. The molecule has 3 rings (SSSR count). The Bertz CT molecular complexity index is 797. The molecule has 0 saturated heterocycles. The molecule has 1 aliphatic carbocycles. The minimum Gasteiger partial charge on any atom is -0.497 e. The number of benzene rings is 2. The van der Waals surface area contributed by atoms with E-state index in [1.807, 2.05) is 6.92 Å². The van der Waals surface area contributed by atoms with Crippen LogP contribution in [0.4, 0.5) is 19.3 Å². The van der Waals surface area contributed by atoms with Crippen LogP contribution in [0.15, 0.2) is 42.5 Å². The van der Waals surface area contributed by atoms with E-state index in [4.69, 9.17) is 4.74 Å². The number of anilines is 1. The van der Waals surface area contributed by atoms with Gasteiger partial charge in [0.25, 0.3) is 0 Å². The Labute approximate surface area is 145 Å². The highest BCUT2D eigenvalue weighted by Crippen LogP contribution is 2.54. The van der Waals surface area contributed by atoms with Gasteiger partial charge in [-0.3, -0.25) is 0 Å². The lowest BCUT2D eigenvalue weighted by molar-refractivity contribution is 0.250. The van der Waals surface area contributed by atoms with E-state index in [1.165, 1.54) is 12.1 Å². The van der Waals surface area contributed by atoms with E-state index in [1.54, 1.807) is 31.4 Å². The molecule has 0 aliphatic heterocycles. The number of halogens is 2. The third-order valence-corrected chi connectivity index (χ3v) is 4.81. The van der Waals surface area contributed by atoms with Gasteiger partial charge < -0.3 is 15.4 Å². The van der Waals surface area contributed by atoms with Gasteiger partial charge in [-0.2, -0.15) is 0 Å². The van der Waals surface area contributed by atoms with E-state index >= 15 is 0 Å². The Morgan fingerprint density at radius 3 is 2.68 bits per heavy atom. The summed E-state index contributed by atoms with van der Waals surface area (Å²) in [6.07, 6.45) is 0.745. The molecule has 2 unspecified atom stereocenters. The molecule has 2 aromatic carbocycles. The molecule has 1 aliphatic rings. The number of carbonyl (C=O) groups excluding carboxylic acids is 1. The zero-order chi connectivity index (χ0) is 18.0. The number of nitrogens with one attached hydrogen (secondary N) is 2. The van der Waals surface area contributed by atoms with E-state index in [-0.39, 0.29) is 18.5 Å². The molecule has 0 radical (unpaired) electrons. The molecule has 0 heterocycles. The molecule has 1 saturated carbocycles. The predicted octanol–water partition coefficient (Wildman–Crippen LogP) is 4.07. The summed E-state index contributed by atoms with van der Waals surface area (Å²) >= 11 is 0. The van der Waals surface area contributed by atoms with Crippen LogP contribution in [-0.2, 0) is 5.41 Å². The SMILES string of the molecule is COc1cccc(NC(=O)NCC2(c3ccc(F)cc3F)CC2C)c1. The van der Waals surface area contributed by atoms with Gasteiger partial charge in [0.15, 0.2) is 0 Å². The molecule has 2 aromatic rings. The second-order valence-corrected chi connectivity index (χ2v) is 6.43. The van der Waals surface area contributed by atoms with Gasteiger partial charge in [0, 0.05) is 29.8 Å². The quantitative estimate of drug-likeness (QED) is 0.857. The third-order valence-electron chi connectivity index (χ3n) is 4.81. The van der Waals surface area contributed by atoms with Crippen molar-refractivity contribution in [1.29, 1.82) is 0 Å². The number of carbonyl (C=O) groups is 1. The third kappa shape index (κ3) is 3.57. The Morgan fingerprint density at radius 1 is 1.28 bits per heavy atom. The predicted molar refractivity (Wildman–Crippen MR) is 91.8 cm³/mol. The molecule has 6 heteroatoms. The van der Waals surface area contributed by atoms with Gasteiger partial charge in [-0.25, -0.2) is 13.6 Å². The maximum Gasteiger partial charge on any atom is 0.319 e. The van der Waals surface area contributed by atoms with E-state index in [9.17, 15) is 13.6 Å². The average Bonchev–Trinajstić information content (AvgIpc) is 3.24. The maximum absolute atomic E-state index is 14.1. The summed E-state index contributed by atoms with van der Waals surface area (Å²) in [4.78, 5) is 12.1. The first-order valence-electron chi connectivity index (χ1n) is 8.09. The summed E-state index contributed by atoms with van der Waals surface area (Å²) in [6, 6.07) is 10.2. The van der Waals surface area contributed by atoms with Gasteiger partial charge in [-0.1, -0.05) is 19.1 Å². The Balaban J connectivity index is 1.66. The van der Waals surface area contributed by atoms with Crippen molar-refractivity contribution in [2.24, 2.45) is 5.92 Å². The van der Waals surface area contributed by atoms with Crippen LogP contribution in [-0.4, -0.2) is 19.7 Å². The lowest BCUT2D eigenvalue weighted by Crippen LogP contribution is -2.36. The molecular formula is C19H20F2N2O2. The van der Waals surface area contributed by atoms with Crippen molar-refractivity contribution in [2.45, 2.75) is 18.8 Å². The molecule has 2 amide bonds. The van der Waals surface area contributed by atoms with Crippen LogP contribution in [0.5, 0.6) is 5.75 Å². The van der Waals surface area contributed by atoms with Gasteiger partial charge in [-0.15, -0.1) is 0 Å². The molecule has 1 fully saturated rings. The highest BCUT2D eigenvalue weighted by atomic mass is 19.1. The summed E-state index contributed by atoms with van der Waals surface area (Å²) in [5, 5.41) is 5.51. The van der Waals surface area contributed by atoms with Crippen molar-refractivity contribution in [3.8, 4) is 5.75 Å². The second-order valence-electron chi connectivity index (χ2n) is 6.43. The van der Waals surface area contributed by atoms with Crippen molar-refractivity contribution in [3.63, 3.8) is 0 Å². The summed E-state index contributed by atoms with van der Waals surface area (Å²) in [6.45, 7) is 2.27. The van der Waals surface area contributed by atoms with Crippen molar-refractivity contribution in [2.75, 3.05) is 19.0 Å². The minimum absolute atomic E-state index is 0.213. The summed E-state index contributed by atoms with van der Waals surface area (Å²) in [5.74, 6) is -0.323. The Morgan fingerprint density at radius 2 is 2.04 bits per heavy atom. The van der Waals surface area contributed by atoms with E-state index < -0.39 is 17.0 Å². The van der Waals surface area contributed by atoms with Crippen molar-refractivity contribution in [3.05, 3.63) is 59.7 Å². The molecular weight excluding hydrogens is 326 g/mol. The van der Waals surface area contributed by atoms with Gasteiger partial charge in [0.05, 0.1) is 7.11 Å². The summed E-state index contributed by atoms with van der Waals surface area (Å²) < 4.78 is 32.4. The van der Waals surface area contributed by atoms with Gasteiger partial charge >= 0.3 is 6.03 Å². The Kier molecular flexibility index (Phi) is 4.61. The van der Waals surface area contributed by atoms with E-state index in [2.05, 4.69) is 10.6 Å². The molecule has 4 nitrogen and oxygen atoms in total. The zero-order valence-corrected chi connectivity index (χ0v) is 14.1. The van der Waals surface area contributed by atoms with Crippen LogP contribution >= 0.6 is 0 Å². The van der Waals surface area contributed by atoms with Crippen LogP contribution in [0.3, 0.4) is 0 Å². The molecule has 0 aromatic heterocycles. The van der Waals surface area contributed by atoms with E-state index in [0.717, 1.165) is 12.5 Å². The molecule has 132 valence electrons. The lowest BCUT2D eigenvalue weighted by Gasteiger charge is -2.19. The average molecular weight is 346 g/mol. The first-order chi connectivity index (χ1) is 11.9. The van der Waals surface area contributed by atoms with Crippen LogP contribution < -0.4 is 15.4 Å². The van der Waals surface area contributed by atoms with Gasteiger partial charge in [0.1, 0.15) is 17.4 Å². The Hall–Kier alpha value is -2.63. The molecule has 2 N–H and O–H groups in total. The number of urea groups is 1.